The van der Waals surface area contributed by atoms with Gasteiger partial charge in [0.15, 0.2) is 0 Å². The van der Waals surface area contributed by atoms with Crippen molar-refractivity contribution in [2.24, 2.45) is 0 Å². The van der Waals surface area contributed by atoms with E-state index in [-0.39, 0.29) is 5.91 Å². The number of aromatic nitrogens is 2. The third kappa shape index (κ3) is 3.89. The first-order valence-corrected chi connectivity index (χ1v) is 8.17. The second kappa shape index (κ2) is 7.40. The van der Waals surface area contributed by atoms with Crippen molar-refractivity contribution in [3.63, 3.8) is 0 Å². The van der Waals surface area contributed by atoms with E-state index in [1.165, 1.54) is 5.56 Å². The van der Waals surface area contributed by atoms with Crippen LogP contribution in [0.25, 0.3) is 0 Å². The Hall–Kier alpha value is -2.47. The summed E-state index contributed by atoms with van der Waals surface area (Å²) in [7, 11) is 3.92. The molecule has 0 saturated carbocycles. The minimum absolute atomic E-state index is 0.0136. The number of piperazine rings is 1. The molecule has 1 fully saturated rings. The molecule has 1 saturated heterocycles. The molecule has 0 aromatic carbocycles. The van der Waals surface area contributed by atoms with Crippen LogP contribution in [0.3, 0.4) is 0 Å². The second-order valence-electron chi connectivity index (χ2n) is 6.22. The van der Waals surface area contributed by atoms with Gasteiger partial charge in [-0.15, -0.1) is 0 Å². The lowest BCUT2D eigenvalue weighted by atomic mass is 10.2. The fraction of sp³-hybridized carbons (Fsp3) is 0.389. The highest BCUT2D eigenvalue weighted by molar-refractivity contribution is 5.93. The number of hydrogen-bond acceptors (Lipinski definition) is 5. The Morgan fingerprint density at radius 1 is 1.17 bits per heavy atom. The Labute approximate surface area is 142 Å². The maximum atomic E-state index is 12.7. The Kier molecular flexibility index (Phi) is 5.05. The van der Waals surface area contributed by atoms with E-state index in [9.17, 15) is 4.79 Å². The summed E-state index contributed by atoms with van der Waals surface area (Å²) in [6, 6.07) is 7.80. The summed E-state index contributed by atoms with van der Waals surface area (Å²) < 4.78 is 0. The molecular formula is C18H23N5O. The van der Waals surface area contributed by atoms with Gasteiger partial charge in [-0.25, -0.2) is 0 Å². The van der Waals surface area contributed by atoms with E-state index in [0.29, 0.717) is 5.69 Å². The van der Waals surface area contributed by atoms with Crippen molar-refractivity contribution in [3.8, 4) is 0 Å². The molecule has 0 spiro atoms. The third-order valence-corrected chi connectivity index (χ3v) is 4.27. The first-order valence-electron chi connectivity index (χ1n) is 8.17. The molecule has 0 atom stereocenters. The first kappa shape index (κ1) is 16.4. The lowest BCUT2D eigenvalue weighted by Gasteiger charge is -2.34. The second-order valence-corrected chi connectivity index (χ2v) is 6.22. The van der Waals surface area contributed by atoms with Crippen molar-refractivity contribution in [3.05, 3.63) is 54.1 Å². The number of carbonyl (C=O) groups excluding carboxylic acids is 1. The summed E-state index contributed by atoms with van der Waals surface area (Å²) in [5, 5.41) is 0. The zero-order chi connectivity index (χ0) is 16.9. The van der Waals surface area contributed by atoms with Crippen molar-refractivity contribution in [2.45, 2.75) is 6.54 Å². The van der Waals surface area contributed by atoms with E-state index in [4.69, 9.17) is 0 Å². The van der Waals surface area contributed by atoms with Crippen LogP contribution < -0.4 is 4.90 Å². The van der Waals surface area contributed by atoms with Gasteiger partial charge in [0.1, 0.15) is 5.69 Å². The van der Waals surface area contributed by atoms with Crippen LogP contribution in [-0.2, 0) is 6.54 Å². The minimum atomic E-state index is 0.0136. The van der Waals surface area contributed by atoms with Crippen LogP contribution in [0.5, 0.6) is 0 Å². The number of amides is 1. The molecular weight excluding hydrogens is 302 g/mol. The van der Waals surface area contributed by atoms with Gasteiger partial charge in [0.25, 0.3) is 5.91 Å². The summed E-state index contributed by atoms with van der Waals surface area (Å²) in [5.74, 6) is 0.0136. The molecule has 0 radical (unpaired) electrons. The number of pyridine rings is 2. The monoisotopic (exact) mass is 325 g/mol. The van der Waals surface area contributed by atoms with Crippen LogP contribution in [0.15, 0.2) is 42.9 Å². The van der Waals surface area contributed by atoms with E-state index in [1.807, 2.05) is 48.3 Å². The lowest BCUT2D eigenvalue weighted by molar-refractivity contribution is 0.0622. The molecule has 6 heteroatoms. The third-order valence-electron chi connectivity index (χ3n) is 4.27. The van der Waals surface area contributed by atoms with Crippen molar-refractivity contribution in [1.82, 2.24) is 19.8 Å². The van der Waals surface area contributed by atoms with Gasteiger partial charge in [-0.3, -0.25) is 19.7 Å². The Morgan fingerprint density at radius 3 is 2.62 bits per heavy atom. The largest absolute Gasteiger partial charge is 0.378 e. The van der Waals surface area contributed by atoms with Crippen molar-refractivity contribution >= 4 is 11.6 Å². The molecule has 1 aliphatic rings. The summed E-state index contributed by atoms with van der Waals surface area (Å²) in [4.78, 5) is 27.3. The summed E-state index contributed by atoms with van der Waals surface area (Å²) in [6.45, 7) is 4.08. The first-order chi connectivity index (χ1) is 11.6. The van der Waals surface area contributed by atoms with E-state index in [1.54, 1.807) is 12.4 Å². The van der Waals surface area contributed by atoms with Gasteiger partial charge in [0, 0.05) is 71.1 Å². The average molecular weight is 325 g/mol. The van der Waals surface area contributed by atoms with E-state index < -0.39 is 0 Å². The van der Waals surface area contributed by atoms with Gasteiger partial charge in [0.05, 0.1) is 0 Å². The van der Waals surface area contributed by atoms with Crippen molar-refractivity contribution in [2.75, 3.05) is 45.2 Å². The predicted molar refractivity (Wildman–Crippen MR) is 94.0 cm³/mol. The maximum absolute atomic E-state index is 12.7. The highest BCUT2D eigenvalue weighted by Gasteiger charge is 2.23. The maximum Gasteiger partial charge on any atom is 0.272 e. The number of nitrogens with zero attached hydrogens (tertiary/aromatic N) is 5. The topological polar surface area (TPSA) is 52.6 Å². The average Bonchev–Trinajstić information content (AvgIpc) is 2.63. The van der Waals surface area contributed by atoms with Gasteiger partial charge in [0.2, 0.25) is 0 Å². The minimum Gasteiger partial charge on any atom is -0.378 e. The number of carbonyl (C=O) groups is 1. The highest BCUT2D eigenvalue weighted by Crippen LogP contribution is 2.14. The smallest absolute Gasteiger partial charge is 0.272 e. The molecule has 0 unspecified atom stereocenters. The molecule has 0 N–H and O–H groups in total. The van der Waals surface area contributed by atoms with Gasteiger partial charge in [-0.1, -0.05) is 6.07 Å². The number of rotatable bonds is 4. The van der Waals surface area contributed by atoms with Crippen molar-refractivity contribution < 1.29 is 4.79 Å². The summed E-state index contributed by atoms with van der Waals surface area (Å²) >= 11 is 0. The molecule has 2 aromatic heterocycles. The molecule has 126 valence electrons. The molecule has 1 amide bonds. The van der Waals surface area contributed by atoms with Crippen LogP contribution in [0.2, 0.25) is 0 Å². The van der Waals surface area contributed by atoms with E-state index in [0.717, 1.165) is 38.4 Å². The number of anilines is 1. The number of hydrogen-bond donors (Lipinski definition) is 0. The zero-order valence-electron chi connectivity index (χ0n) is 14.2. The van der Waals surface area contributed by atoms with Crippen LogP contribution in [0.4, 0.5) is 5.69 Å². The molecule has 1 aliphatic heterocycles. The SMILES string of the molecule is CN(C)c1ccnc(C(=O)N2CCN(Cc3cccnc3)CC2)c1. The van der Waals surface area contributed by atoms with E-state index >= 15 is 0 Å². The Morgan fingerprint density at radius 2 is 1.96 bits per heavy atom. The van der Waals surface area contributed by atoms with Gasteiger partial charge in [-0.05, 0) is 23.8 Å². The zero-order valence-corrected chi connectivity index (χ0v) is 14.2. The van der Waals surface area contributed by atoms with Gasteiger partial charge >= 0.3 is 0 Å². The van der Waals surface area contributed by atoms with Gasteiger partial charge in [-0.2, -0.15) is 0 Å². The van der Waals surface area contributed by atoms with Gasteiger partial charge < -0.3 is 9.80 Å². The van der Waals surface area contributed by atoms with Crippen LogP contribution in [0, 0.1) is 0 Å². The fourth-order valence-corrected chi connectivity index (χ4v) is 2.84. The van der Waals surface area contributed by atoms with Crippen LogP contribution in [0.1, 0.15) is 16.1 Å². The quantitative estimate of drug-likeness (QED) is 0.853. The molecule has 3 heterocycles. The standard InChI is InChI=1S/C18H23N5O/c1-21(2)16-5-7-20-17(12-16)18(24)23-10-8-22(9-11-23)14-15-4-3-6-19-13-15/h3-7,12-13H,8-11,14H2,1-2H3. The predicted octanol–water partition coefficient (Wildman–Crippen LogP) is 1.50. The fourth-order valence-electron chi connectivity index (χ4n) is 2.84. The molecule has 0 bridgehead atoms. The molecule has 24 heavy (non-hydrogen) atoms. The Bertz CT molecular complexity index is 681. The molecule has 3 rings (SSSR count). The molecule has 2 aromatic rings. The summed E-state index contributed by atoms with van der Waals surface area (Å²) in [6.07, 6.45) is 5.38. The molecule has 0 aliphatic carbocycles. The van der Waals surface area contributed by atoms with Crippen LogP contribution in [-0.4, -0.2) is 65.9 Å². The molecule has 6 nitrogen and oxygen atoms in total. The van der Waals surface area contributed by atoms with Crippen LogP contribution >= 0.6 is 0 Å². The highest BCUT2D eigenvalue weighted by atomic mass is 16.2. The lowest BCUT2D eigenvalue weighted by Crippen LogP contribution is -2.48. The van der Waals surface area contributed by atoms with E-state index in [2.05, 4.69) is 20.9 Å². The summed E-state index contributed by atoms with van der Waals surface area (Å²) in [5.41, 5.74) is 2.71. The Balaban J connectivity index is 1.58. The van der Waals surface area contributed by atoms with Crippen molar-refractivity contribution in [1.29, 1.82) is 0 Å². The normalized spacial score (nSPS) is 15.3.